The van der Waals surface area contributed by atoms with E-state index >= 15 is 0 Å². The van der Waals surface area contributed by atoms with Crippen molar-refractivity contribution >= 4 is 12.9 Å². The van der Waals surface area contributed by atoms with Gasteiger partial charge >= 0.3 is 7.60 Å². The summed E-state index contributed by atoms with van der Waals surface area (Å²) in [4.78, 5) is 10.6. The number of benzene rings is 2. The molecule has 25 heavy (non-hydrogen) atoms. The first-order valence-corrected chi connectivity index (χ1v) is 10.8. The molecule has 0 aromatic heterocycles. The molecular formula is C21H29O3P. The highest BCUT2D eigenvalue weighted by molar-refractivity contribution is 7.61. The molecule has 0 heterocycles. The van der Waals surface area contributed by atoms with E-state index in [9.17, 15) is 9.46 Å². The van der Waals surface area contributed by atoms with Crippen LogP contribution in [-0.4, -0.2) is 4.89 Å². The van der Waals surface area contributed by atoms with E-state index < -0.39 is 7.60 Å². The Morgan fingerprint density at radius 3 is 2.32 bits per heavy atom. The zero-order valence-corrected chi connectivity index (χ0v) is 16.4. The van der Waals surface area contributed by atoms with E-state index in [-0.39, 0.29) is 0 Å². The molecule has 2 rings (SSSR count). The van der Waals surface area contributed by atoms with Crippen LogP contribution in [0.2, 0.25) is 0 Å². The van der Waals surface area contributed by atoms with Crippen molar-refractivity contribution in [1.82, 2.24) is 0 Å². The summed E-state index contributed by atoms with van der Waals surface area (Å²) in [5.41, 5.74) is 3.09. The van der Waals surface area contributed by atoms with Gasteiger partial charge in [0.15, 0.2) is 0 Å². The fourth-order valence-electron chi connectivity index (χ4n) is 3.00. The molecule has 0 radical (unpaired) electrons. The van der Waals surface area contributed by atoms with Crippen LogP contribution in [0.1, 0.15) is 56.2 Å². The molecule has 1 atom stereocenters. The Morgan fingerprint density at radius 2 is 1.64 bits per heavy atom. The molecule has 0 fully saturated rings. The van der Waals surface area contributed by atoms with Gasteiger partial charge in [-0.05, 0) is 61.4 Å². The maximum absolute atomic E-state index is 12.9. The maximum atomic E-state index is 12.9. The minimum atomic E-state index is -3.91. The smallest absolute Gasteiger partial charge is 0.408 e. The molecule has 0 amide bonds. The molecule has 1 unspecified atom stereocenters. The Kier molecular flexibility index (Phi) is 7.28. The largest absolute Gasteiger partial charge is 0.421 e. The van der Waals surface area contributed by atoms with Crippen LogP contribution in [0, 0.1) is 6.92 Å². The van der Waals surface area contributed by atoms with Gasteiger partial charge in [0.1, 0.15) is 5.75 Å². The van der Waals surface area contributed by atoms with Gasteiger partial charge in [-0.25, -0.2) is 4.57 Å². The zero-order chi connectivity index (χ0) is 18.3. The van der Waals surface area contributed by atoms with Crippen LogP contribution >= 0.6 is 7.60 Å². The van der Waals surface area contributed by atoms with Crippen LogP contribution in [0.25, 0.3) is 0 Å². The molecule has 0 spiro atoms. The van der Waals surface area contributed by atoms with Gasteiger partial charge in [-0.15, -0.1) is 0 Å². The first-order chi connectivity index (χ1) is 12.0. The Morgan fingerprint density at radius 1 is 0.960 bits per heavy atom. The van der Waals surface area contributed by atoms with Crippen molar-refractivity contribution < 1.29 is 14.0 Å². The van der Waals surface area contributed by atoms with Crippen molar-refractivity contribution in [3.63, 3.8) is 0 Å². The fraction of sp³-hybridized carbons (Fsp3) is 0.429. The standard InChI is InChI=1S/C21H29O3P/c1-4-6-12-18-13-10-15-20(19(18)14-7-5-2)24-25(22,23)21-16-9-8-11-17(21)3/h8-11,13,15-16H,4-7,12,14H2,1-3H3,(H,22,23). The van der Waals surface area contributed by atoms with Crippen molar-refractivity contribution in [2.45, 2.75) is 59.3 Å². The summed E-state index contributed by atoms with van der Waals surface area (Å²) in [6.45, 7) is 6.16. The monoisotopic (exact) mass is 360 g/mol. The van der Waals surface area contributed by atoms with Gasteiger partial charge in [0.25, 0.3) is 0 Å². The summed E-state index contributed by atoms with van der Waals surface area (Å²) in [6, 6.07) is 13.0. The van der Waals surface area contributed by atoms with Crippen LogP contribution in [0.3, 0.4) is 0 Å². The number of hydrogen-bond donors (Lipinski definition) is 1. The minimum absolute atomic E-state index is 0.371. The lowest BCUT2D eigenvalue weighted by molar-refractivity contribution is 0.391. The van der Waals surface area contributed by atoms with Gasteiger partial charge in [0.2, 0.25) is 0 Å². The molecule has 2 aromatic carbocycles. The van der Waals surface area contributed by atoms with E-state index in [2.05, 4.69) is 19.9 Å². The van der Waals surface area contributed by atoms with Gasteiger partial charge in [-0.2, -0.15) is 0 Å². The summed E-state index contributed by atoms with van der Waals surface area (Å²) in [5, 5.41) is 0.371. The SMILES string of the molecule is CCCCc1cccc(OP(=O)(O)c2ccccc2C)c1CCCC. The highest BCUT2D eigenvalue weighted by Crippen LogP contribution is 2.44. The number of aryl methyl sites for hydroxylation is 2. The summed E-state index contributed by atoms with van der Waals surface area (Å²) in [7, 11) is -3.91. The highest BCUT2D eigenvalue weighted by atomic mass is 31.2. The van der Waals surface area contributed by atoms with Gasteiger partial charge in [0, 0.05) is 0 Å². The van der Waals surface area contributed by atoms with Crippen LogP contribution < -0.4 is 9.83 Å². The minimum Gasteiger partial charge on any atom is -0.421 e. The third-order valence-electron chi connectivity index (χ3n) is 4.45. The molecule has 0 bridgehead atoms. The van der Waals surface area contributed by atoms with Gasteiger partial charge in [0.05, 0.1) is 5.30 Å². The van der Waals surface area contributed by atoms with Crippen LogP contribution in [-0.2, 0) is 17.4 Å². The van der Waals surface area contributed by atoms with Crippen LogP contribution in [0.5, 0.6) is 5.75 Å². The van der Waals surface area contributed by atoms with Gasteiger partial charge in [-0.1, -0.05) is 57.0 Å². The maximum Gasteiger partial charge on any atom is 0.408 e. The average molecular weight is 360 g/mol. The summed E-state index contributed by atoms with van der Waals surface area (Å²) >= 11 is 0. The van der Waals surface area contributed by atoms with E-state index in [1.165, 1.54) is 5.56 Å². The van der Waals surface area contributed by atoms with Crippen molar-refractivity contribution in [2.75, 3.05) is 0 Å². The molecule has 0 aliphatic carbocycles. The first-order valence-electron chi connectivity index (χ1n) is 9.19. The zero-order valence-electron chi connectivity index (χ0n) is 15.5. The third-order valence-corrected chi connectivity index (χ3v) is 6.01. The number of hydrogen-bond acceptors (Lipinski definition) is 2. The highest BCUT2D eigenvalue weighted by Gasteiger charge is 2.27. The number of rotatable bonds is 9. The molecule has 136 valence electrons. The Hall–Kier alpha value is -1.57. The first kappa shape index (κ1) is 19.8. The summed E-state index contributed by atoms with van der Waals surface area (Å²) < 4.78 is 18.6. The van der Waals surface area contributed by atoms with Crippen molar-refractivity contribution in [2.24, 2.45) is 0 Å². The second kappa shape index (κ2) is 9.22. The van der Waals surface area contributed by atoms with E-state index in [0.717, 1.165) is 49.7 Å². The fourth-order valence-corrected chi connectivity index (χ4v) is 4.33. The predicted octanol–water partition coefficient (Wildman–Crippen LogP) is 5.57. The van der Waals surface area contributed by atoms with Crippen LogP contribution in [0.4, 0.5) is 0 Å². The van der Waals surface area contributed by atoms with E-state index in [1.807, 2.05) is 31.2 Å². The Labute approximate surface area is 151 Å². The lowest BCUT2D eigenvalue weighted by Gasteiger charge is -2.20. The van der Waals surface area contributed by atoms with Crippen molar-refractivity contribution in [3.05, 3.63) is 59.2 Å². The molecule has 0 saturated carbocycles. The van der Waals surface area contributed by atoms with E-state index in [4.69, 9.17) is 4.52 Å². The van der Waals surface area contributed by atoms with E-state index in [1.54, 1.807) is 12.1 Å². The topological polar surface area (TPSA) is 46.5 Å². The normalized spacial score (nSPS) is 13.4. The molecule has 3 nitrogen and oxygen atoms in total. The molecule has 0 saturated heterocycles. The molecule has 1 N–H and O–H groups in total. The molecule has 0 aliphatic rings. The Bertz CT molecular complexity index is 740. The molecule has 4 heteroatoms. The van der Waals surface area contributed by atoms with Crippen LogP contribution in [0.15, 0.2) is 42.5 Å². The lowest BCUT2D eigenvalue weighted by atomic mass is 9.97. The number of unbranched alkanes of at least 4 members (excludes halogenated alkanes) is 2. The predicted molar refractivity (Wildman–Crippen MR) is 105 cm³/mol. The van der Waals surface area contributed by atoms with Crippen molar-refractivity contribution in [1.29, 1.82) is 0 Å². The van der Waals surface area contributed by atoms with Crippen molar-refractivity contribution in [3.8, 4) is 5.75 Å². The second-order valence-corrected chi connectivity index (χ2v) is 8.20. The van der Waals surface area contributed by atoms with Gasteiger partial charge in [-0.3, -0.25) is 0 Å². The average Bonchev–Trinajstić information content (AvgIpc) is 2.59. The Balaban J connectivity index is 2.37. The molecule has 0 aliphatic heterocycles. The second-order valence-electron chi connectivity index (χ2n) is 6.50. The molecular weight excluding hydrogens is 331 g/mol. The summed E-state index contributed by atoms with van der Waals surface area (Å²) in [6.07, 6.45) is 6.21. The molecule has 2 aromatic rings. The third kappa shape index (κ3) is 5.20. The van der Waals surface area contributed by atoms with Gasteiger partial charge < -0.3 is 9.42 Å². The quantitative estimate of drug-likeness (QED) is 0.595. The summed E-state index contributed by atoms with van der Waals surface area (Å²) in [5.74, 6) is 0.552. The van der Waals surface area contributed by atoms with E-state index in [0.29, 0.717) is 11.1 Å². The lowest BCUT2D eigenvalue weighted by Crippen LogP contribution is -2.13.